The van der Waals surface area contributed by atoms with Gasteiger partial charge in [0, 0.05) is 23.9 Å². The first-order valence-electron chi connectivity index (χ1n) is 9.64. The molecule has 0 saturated carbocycles. The Morgan fingerprint density at radius 2 is 1.97 bits per heavy atom. The lowest BCUT2D eigenvalue weighted by Gasteiger charge is -2.18. The first kappa shape index (κ1) is 19.5. The van der Waals surface area contributed by atoms with Crippen LogP contribution in [0.15, 0.2) is 67.1 Å². The molecule has 8 heteroatoms. The van der Waals surface area contributed by atoms with Crippen LogP contribution in [0.4, 0.5) is 10.6 Å². The van der Waals surface area contributed by atoms with Gasteiger partial charge in [0.05, 0.1) is 29.6 Å². The fourth-order valence-electron chi connectivity index (χ4n) is 3.31. The van der Waals surface area contributed by atoms with E-state index in [4.69, 9.17) is 0 Å². The van der Waals surface area contributed by atoms with Crippen molar-refractivity contribution in [1.29, 1.82) is 0 Å². The van der Waals surface area contributed by atoms with Gasteiger partial charge in [-0.1, -0.05) is 30.3 Å². The van der Waals surface area contributed by atoms with Gasteiger partial charge < -0.3 is 10.4 Å². The number of aliphatic hydroxyl groups excluding tert-OH is 1. The lowest BCUT2D eigenvalue weighted by atomic mass is 10.0. The van der Waals surface area contributed by atoms with Crippen LogP contribution in [0.2, 0.25) is 0 Å². The van der Waals surface area contributed by atoms with Gasteiger partial charge in [-0.25, -0.2) is 14.5 Å². The molecule has 8 nitrogen and oxygen atoms in total. The van der Waals surface area contributed by atoms with Gasteiger partial charge in [0.2, 0.25) is 0 Å². The molecule has 3 aromatic heterocycles. The third kappa shape index (κ3) is 4.28. The van der Waals surface area contributed by atoms with Gasteiger partial charge in [0.15, 0.2) is 0 Å². The molecule has 0 bridgehead atoms. The van der Waals surface area contributed by atoms with Crippen molar-refractivity contribution in [2.45, 2.75) is 19.4 Å². The molecule has 2 amide bonds. The van der Waals surface area contributed by atoms with Gasteiger partial charge >= 0.3 is 6.03 Å². The molecular weight excluding hydrogens is 380 g/mol. The molecule has 152 valence electrons. The molecule has 0 aliphatic carbocycles. The van der Waals surface area contributed by atoms with Crippen LogP contribution >= 0.6 is 0 Å². The standard InChI is InChI=1S/C22H22N6O2/c1-15-11-18(7-9-23-15)28-20-14-24-21(12-17(20)13-25-28)27-22(30)26-19(8-10-29)16-5-3-2-4-6-16/h2-7,9,11-14,19,29H,8,10H2,1H3,(H2,24,26,27,30)/t19-/m1/s1. The molecule has 4 rings (SSSR count). The van der Waals surface area contributed by atoms with Gasteiger partial charge in [-0.15, -0.1) is 0 Å². The number of fused-ring (bicyclic) bond motifs is 1. The Bertz CT molecular complexity index is 1160. The summed E-state index contributed by atoms with van der Waals surface area (Å²) in [5.74, 6) is 0.418. The number of benzene rings is 1. The predicted octanol–water partition coefficient (Wildman–Crippen LogP) is 3.37. The van der Waals surface area contributed by atoms with Crippen LogP contribution in [0.5, 0.6) is 0 Å². The number of hydrogen-bond acceptors (Lipinski definition) is 5. The van der Waals surface area contributed by atoms with Crippen LogP contribution in [0.1, 0.15) is 23.7 Å². The predicted molar refractivity (Wildman–Crippen MR) is 114 cm³/mol. The Morgan fingerprint density at radius 1 is 1.13 bits per heavy atom. The molecule has 0 aliphatic rings. The van der Waals surface area contributed by atoms with Gasteiger partial charge in [-0.05, 0) is 37.1 Å². The summed E-state index contributed by atoms with van der Waals surface area (Å²) in [7, 11) is 0. The maximum atomic E-state index is 12.5. The highest BCUT2D eigenvalue weighted by atomic mass is 16.3. The van der Waals surface area contributed by atoms with E-state index in [0.29, 0.717) is 12.2 Å². The minimum atomic E-state index is -0.388. The highest BCUT2D eigenvalue weighted by Crippen LogP contribution is 2.21. The van der Waals surface area contributed by atoms with Crippen molar-refractivity contribution < 1.29 is 9.90 Å². The molecule has 1 atom stereocenters. The minimum absolute atomic E-state index is 0.0300. The third-order valence-corrected chi connectivity index (χ3v) is 4.75. The number of urea groups is 1. The second kappa shape index (κ2) is 8.71. The quantitative estimate of drug-likeness (QED) is 0.459. The zero-order valence-corrected chi connectivity index (χ0v) is 16.5. The second-order valence-electron chi connectivity index (χ2n) is 6.91. The van der Waals surface area contributed by atoms with E-state index in [1.54, 1.807) is 29.3 Å². The fourth-order valence-corrected chi connectivity index (χ4v) is 3.31. The molecule has 3 heterocycles. The van der Waals surface area contributed by atoms with E-state index >= 15 is 0 Å². The molecule has 0 unspecified atom stereocenters. The number of carbonyl (C=O) groups excluding carboxylic acids is 1. The summed E-state index contributed by atoms with van der Waals surface area (Å²) in [6.45, 7) is 1.89. The SMILES string of the molecule is Cc1cc(-n2ncc3cc(NC(=O)N[C@H](CCO)c4ccccc4)ncc32)ccn1. The van der Waals surface area contributed by atoms with E-state index < -0.39 is 0 Å². The van der Waals surface area contributed by atoms with Crippen molar-refractivity contribution in [3.8, 4) is 5.69 Å². The smallest absolute Gasteiger partial charge is 0.320 e. The Kier molecular flexibility index (Phi) is 5.67. The number of nitrogens with zero attached hydrogens (tertiary/aromatic N) is 4. The van der Waals surface area contributed by atoms with E-state index in [0.717, 1.165) is 27.8 Å². The van der Waals surface area contributed by atoms with Crippen LogP contribution in [-0.2, 0) is 0 Å². The van der Waals surface area contributed by atoms with Crippen molar-refractivity contribution in [3.05, 3.63) is 78.4 Å². The number of aromatic nitrogens is 4. The molecule has 0 fully saturated rings. The van der Waals surface area contributed by atoms with E-state index in [1.165, 1.54) is 0 Å². The van der Waals surface area contributed by atoms with Crippen molar-refractivity contribution in [3.63, 3.8) is 0 Å². The number of aryl methyl sites for hydroxylation is 1. The van der Waals surface area contributed by atoms with Crippen LogP contribution in [0.25, 0.3) is 16.6 Å². The molecule has 3 N–H and O–H groups in total. The summed E-state index contributed by atoms with van der Waals surface area (Å²) in [6.07, 6.45) is 5.56. The number of rotatable bonds is 6. The van der Waals surface area contributed by atoms with Crippen molar-refractivity contribution >= 4 is 22.8 Å². The maximum absolute atomic E-state index is 12.5. The summed E-state index contributed by atoms with van der Waals surface area (Å²) in [5.41, 5.74) is 3.55. The van der Waals surface area contributed by atoms with E-state index in [-0.39, 0.29) is 18.7 Å². The molecule has 0 aliphatic heterocycles. The van der Waals surface area contributed by atoms with E-state index in [1.807, 2.05) is 49.4 Å². The first-order chi connectivity index (χ1) is 14.6. The van der Waals surface area contributed by atoms with Crippen molar-refractivity contribution in [2.24, 2.45) is 0 Å². The van der Waals surface area contributed by atoms with E-state index in [9.17, 15) is 9.90 Å². The lowest BCUT2D eigenvalue weighted by molar-refractivity contribution is 0.239. The molecule has 0 radical (unpaired) electrons. The monoisotopic (exact) mass is 402 g/mol. The van der Waals surface area contributed by atoms with Gasteiger partial charge in [0.25, 0.3) is 0 Å². The summed E-state index contributed by atoms with van der Waals surface area (Å²) in [6, 6.07) is 14.5. The molecule has 30 heavy (non-hydrogen) atoms. The first-order valence-corrected chi connectivity index (χ1v) is 9.64. The van der Waals surface area contributed by atoms with Crippen molar-refractivity contribution in [2.75, 3.05) is 11.9 Å². The second-order valence-corrected chi connectivity index (χ2v) is 6.91. The number of pyridine rings is 2. The minimum Gasteiger partial charge on any atom is -0.396 e. The Balaban J connectivity index is 1.50. The number of hydrogen-bond donors (Lipinski definition) is 3. The van der Waals surface area contributed by atoms with Crippen LogP contribution in [0, 0.1) is 6.92 Å². The van der Waals surface area contributed by atoms with Crippen LogP contribution in [-0.4, -0.2) is 37.5 Å². The average molecular weight is 402 g/mol. The summed E-state index contributed by atoms with van der Waals surface area (Å²) in [5, 5.41) is 20.3. The summed E-state index contributed by atoms with van der Waals surface area (Å²) < 4.78 is 1.79. The maximum Gasteiger partial charge on any atom is 0.320 e. The Hall–Kier alpha value is -3.78. The van der Waals surface area contributed by atoms with Gasteiger partial charge in [0.1, 0.15) is 5.82 Å². The average Bonchev–Trinajstić information content (AvgIpc) is 3.17. The molecular formula is C22H22N6O2. The van der Waals surface area contributed by atoms with E-state index in [2.05, 4.69) is 25.7 Å². The Morgan fingerprint density at radius 3 is 2.73 bits per heavy atom. The topological polar surface area (TPSA) is 105 Å². The normalized spacial score (nSPS) is 11.9. The highest BCUT2D eigenvalue weighted by Gasteiger charge is 2.15. The number of aliphatic hydroxyl groups is 1. The van der Waals surface area contributed by atoms with Crippen molar-refractivity contribution in [1.82, 2.24) is 25.1 Å². The van der Waals surface area contributed by atoms with Gasteiger partial charge in [-0.3, -0.25) is 10.3 Å². The summed E-state index contributed by atoms with van der Waals surface area (Å²) in [4.78, 5) is 21.1. The zero-order chi connectivity index (χ0) is 20.9. The lowest BCUT2D eigenvalue weighted by Crippen LogP contribution is -2.33. The highest BCUT2D eigenvalue weighted by molar-refractivity contribution is 5.91. The zero-order valence-electron chi connectivity index (χ0n) is 16.5. The molecule has 4 aromatic rings. The summed E-state index contributed by atoms with van der Waals surface area (Å²) >= 11 is 0. The molecule has 1 aromatic carbocycles. The number of carbonyl (C=O) groups is 1. The fraction of sp³-hybridized carbons (Fsp3) is 0.182. The third-order valence-electron chi connectivity index (χ3n) is 4.75. The Labute approximate surface area is 173 Å². The van der Waals surface area contributed by atoms with Crippen LogP contribution in [0.3, 0.4) is 0 Å². The van der Waals surface area contributed by atoms with Gasteiger partial charge in [-0.2, -0.15) is 5.10 Å². The number of anilines is 1. The number of amides is 2. The molecule has 0 saturated heterocycles. The largest absolute Gasteiger partial charge is 0.396 e. The molecule has 0 spiro atoms. The number of nitrogens with one attached hydrogen (secondary N) is 2. The van der Waals surface area contributed by atoms with Crippen LogP contribution < -0.4 is 10.6 Å².